The predicted octanol–water partition coefficient (Wildman–Crippen LogP) is 3.62. The van der Waals surface area contributed by atoms with Gasteiger partial charge in [0.15, 0.2) is 0 Å². The Hall–Kier alpha value is -2.08. The summed E-state index contributed by atoms with van der Waals surface area (Å²) >= 11 is 6.00. The number of nitrogens with zero attached hydrogens (tertiary/aromatic N) is 2. The van der Waals surface area contributed by atoms with Gasteiger partial charge in [-0.2, -0.15) is 0 Å². The first-order valence-electron chi connectivity index (χ1n) is 12.2. The number of nitrogens with one attached hydrogen (secondary N) is 1. The molecule has 1 N–H and O–H groups in total. The van der Waals surface area contributed by atoms with Crippen molar-refractivity contribution in [1.29, 1.82) is 0 Å². The second-order valence-electron chi connectivity index (χ2n) is 10.2. The molecule has 1 aromatic carbocycles. The van der Waals surface area contributed by atoms with Crippen LogP contribution in [0.5, 0.6) is 0 Å². The minimum absolute atomic E-state index is 0.0375. The van der Waals surface area contributed by atoms with E-state index in [4.69, 9.17) is 11.6 Å². The molecule has 2 atom stereocenters. The molecule has 6 nitrogen and oxygen atoms in total. The zero-order valence-electron chi connectivity index (χ0n) is 20.2. The molecule has 1 aromatic rings. The van der Waals surface area contributed by atoms with Crippen molar-refractivity contribution in [1.82, 2.24) is 15.1 Å². The highest BCUT2D eigenvalue weighted by molar-refractivity contribution is 6.19. The number of carbonyl (C=O) groups excluding carboxylic acids is 3. The lowest BCUT2D eigenvalue weighted by Crippen LogP contribution is -2.60. The zero-order valence-corrected chi connectivity index (χ0v) is 20.9. The van der Waals surface area contributed by atoms with Gasteiger partial charge in [0.2, 0.25) is 17.7 Å². The van der Waals surface area contributed by atoms with Crippen LogP contribution in [0.15, 0.2) is 30.3 Å². The van der Waals surface area contributed by atoms with Crippen LogP contribution in [0.25, 0.3) is 0 Å². The van der Waals surface area contributed by atoms with Crippen molar-refractivity contribution in [2.45, 2.75) is 71.4 Å². The van der Waals surface area contributed by atoms with Crippen molar-refractivity contribution in [3.05, 3.63) is 35.9 Å². The maximum absolute atomic E-state index is 13.6. The predicted molar refractivity (Wildman–Crippen MR) is 131 cm³/mol. The van der Waals surface area contributed by atoms with Crippen molar-refractivity contribution >= 4 is 29.3 Å². The smallest absolute Gasteiger partial charge is 0.245 e. The van der Waals surface area contributed by atoms with Crippen LogP contribution in [-0.2, 0) is 20.8 Å². The van der Waals surface area contributed by atoms with Crippen LogP contribution in [0.3, 0.4) is 0 Å². The summed E-state index contributed by atoms with van der Waals surface area (Å²) in [5.41, 5.74) is 0.217. The summed E-state index contributed by atoms with van der Waals surface area (Å²) in [5.74, 6) is 0.211. The molecule has 1 saturated carbocycles. The molecule has 0 radical (unpaired) electrons. The first-order chi connectivity index (χ1) is 15.7. The second kappa shape index (κ2) is 11.4. The van der Waals surface area contributed by atoms with Crippen LogP contribution in [-0.4, -0.2) is 65.1 Å². The topological polar surface area (TPSA) is 69.7 Å². The number of hydrogen-bond acceptors (Lipinski definition) is 3. The van der Waals surface area contributed by atoms with Crippen LogP contribution in [0.4, 0.5) is 0 Å². The normalized spacial score (nSPS) is 20.9. The number of halogens is 1. The van der Waals surface area contributed by atoms with Gasteiger partial charge in [0.05, 0.1) is 5.41 Å². The van der Waals surface area contributed by atoms with Crippen molar-refractivity contribution in [3.8, 4) is 0 Å². The van der Waals surface area contributed by atoms with Gasteiger partial charge in [-0.1, -0.05) is 49.6 Å². The van der Waals surface area contributed by atoms with E-state index in [9.17, 15) is 14.4 Å². The largest absolute Gasteiger partial charge is 0.343 e. The molecule has 3 rings (SSSR count). The van der Waals surface area contributed by atoms with Crippen LogP contribution >= 0.6 is 11.6 Å². The lowest BCUT2D eigenvalue weighted by Gasteiger charge is -2.42. The van der Waals surface area contributed by atoms with E-state index in [-0.39, 0.29) is 35.6 Å². The molecule has 0 spiro atoms. The summed E-state index contributed by atoms with van der Waals surface area (Å²) in [7, 11) is 0. The van der Waals surface area contributed by atoms with Gasteiger partial charge in [-0.15, -0.1) is 11.6 Å². The Morgan fingerprint density at radius 2 is 1.76 bits per heavy atom. The summed E-state index contributed by atoms with van der Waals surface area (Å²) in [5, 5.41) is 2.96. The molecule has 1 saturated heterocycles. The summed E-state index contributed by atoms with van der Waals surface area (Å²) in [4.78, 5) is 43.2. The maximum atomic E-state index is 13.6. The quantitative estimate of drug-likeness (QED) is 0.612. The molecule has 7 heteroatoms. The van der Waals surface area contributed by atoms with E-state index in [0.717, 1.165) is 31.2 Å². The molecule has 1 aliphatic heterocycles. The third kappa shape index (κ3) is 6.50. The molecular weight excluding hydrogens is 438 g/mol. The lowest BCUT2D eigenvalue weighted by molar-refractivity contribution is -0.147. The molecule has 0 aromatic heterocycles. The van der Waals surface area contributed by atoms with Crippen LogP contribution in [0.1, 0.15) is 58.4 Å². The van der Waals surface area contributed by atoms with Crippen molar-refractivity contribution in [3.63, 3.8) is 0 Å². The molecule has 3 amide bonds. The van der Waals surface area contributed by atoms with Gasteiger partial charge in [0.25, 0.3) is 0 Å². The Labute approximate surface area is 203 Å². The SMILES string of the molecule is CC1CN(C(=O)C(Cc2ccccc2)NC(=O)C(C)(C)CCl)CCN1C(=O)C1CCCCC1. The van der Waals surface area contributed by atoms with E-state index < -0.39 is 11.5 Å². The molecule has 33 heavy (non-hydrogen) atoms. The number of piperazine rings is 1. The highest BCUT2D eigenvalue weighted by Crippen LogP contribution is 2.27. The molecule has 182 valence electrons. The van der Waals surface area contributed by atoms with Crippen molar-refractivity contribution < 1.29 is 14.4 Å². The number of alkyl halides is 1. The number of rotatable bonds is 7. The van der Waals surface area contributed by atoms with Crippen LogP contribution < -0.4 is 5.32 Å². The summed E-state index contributed by atoms with van der Waals surface area (Å²) in [6.45, 7) is 7.08. The number of carbonyl (C=O) groups is 3. The van der Waals surface area contributed by atoms with Crippen molar-refractivity contribution in [2.75, 3.05) is 25.5 Å². The summed E-state index contributed by atoms with van der Waals surface area (Å²) in [6.07, 6.45) is 5.85. The number of benzene rings is 1. The van der Waals surface area contributed by atoms with Gasteiger partial charge in [-0.05, 0) is 39.2 Å². The minimum atomic E-state index is -0.769. The van der Waals surface area contributed by atoms with Crippen molar-refractivity contribution in [2.24, 2.45) is 11.3 Å². The monoisotopic (exact) mass is 475 g/mol. The van der Waals surface area contributed by atoms with Crippen LogP contribution in [0.2, 0.25) is 0 Å². The molecule has 0 bridgehead atoms. The van der Waals surface area contributed by atoms with Gasteiger partial charge in [-0.25, -0.2) is 0 Å². The average Bonchev–Trinajstić information content (AvgIpc) is 2.83. The van der Waals surface area contributed by atoms with E-state index in [1.165, 1.54) is 6.42 Å². The fourth-order valence-corrected chi connectivity index (χ4v) is 4.88. The van der Waals surface area contributed by atoms with Gasteiger partial charge >= 0.3 is 0 Å². The van der Waals surface area contributed by atoms with Gasteiger partial charge in [0.1, 0.15) is 6.04 Å². The fraction of sp³-hybridized carbons (Fsp3) is 0.654. The van der Waals surface area contributed by atoms with E-state index in [0.29, 0.717) is 26.1 Å². The molecule has 1 heterocycles. The lowest BCUT2D eigenvalue weighted by atomic mass is 9.87. The minimum Gasteiger partial charge on any atom is -0.343 e. The van der Waals surface area contributed by atoms with Crippen LogP contribution in [0, 0.1) is 11.3 Å². The highest BCUT2D eigenvalue weighted by atomic mass is 35.5. The maximum Gasteiger partial charge on any atom is 0.245 e. The Bertz CT molecular complexity index is 823. The average molecular weight is 476 g/mol. The van der Waals surface area contributed by atoms with E-state index in [1.807, 2.05) is 42.2 Å². The standard InChI is InChI=1S/C26H38ClN3O3/c1-19-17-29(14-15-30(19)23(31)21-12-8-5-9-13-21)24(32)22(16-20-10-6-4-7-11-20)28-25(33)26(2,3)18-27/h4,6-7,10-11,19,21-22H,5,8-9,12-18H2,1-3H3,(H,28,33). The van der Waals surface area contributed by atoms with Gasteiger partial charge in [-0.3, -0.25) is 14.4 Å². The first kappa shape index (κ1) is 25.5. The summed E-state index contributed by atoms with van der Waals surface area (Å²) < 4.78 is 0. The van der Waals surface area contributed by atoms with Gasteiger partial charge in [0, 0.05) is 43.9 Å². The fourth-order valence-electron chi connectivity index (χ4n) is 4.75. The molecule has 2 unspecified atom stereocenters. The molecular formula is C26H38ClN3O3. The van der Waals surface area contributed by atoms with E-state index in [2.05, 4.69) is 5.32 Å². The van der Waals surface area contributed by atoms with E-state index in [1.54, 1.807) is 18.7 Å². The first-order valence-corrected chi connectivity index (χ1v) is 12.8. The Balaban J connectivity index is 1.68. The Morgan fingerprint density at radius 3 is 2.36 bits per heavy atom. The Kier molecular flexibility index (Phi) is 8.80. The third-order valence-corrected chi connectivity index (χ3v) is 7.68. The molecule has 2 fully saturated rings. The highest BCUT2D eigenvalue weighted by Gasteiger charge is 2.37. The molecule has 1 aliphatic carbocycles. The number of amides is 3. The zero-order chi connectivity index (χ0) is 24.0. The van der Waals surface area contributed by atoms with Gasteiger partial charge < -0.3 is 15.1 Å². The van der Waals surface area contributed by atoms with E-state index >= 15 is 0 Å². The number of hydrogen-bond donors (Lipinski definition) is 1. The molecule has 2 aliphatic rings. The Morgan fingerprint density at radius 1 is 1.09 bits per heavy atom. The second-order valence-corrected chi connectivity index (χ2v) is 10.5. The summed E-state index contributed by atoms with van der Waals surface area (Å²) in [6, 6.07) is 9.00. The third-order valence-electron chi connectivity index (χ3n) is 7.01.